The maximum atomic E-state index is 13.5. The Hall–Kier alpha value is -2.53. The molecule has 22 heavy (non-hydrogen) atoms. The summed E-state index contributed by atoms with van der Waals surface area (Å²) in [7, 11) is 0. The van der Waals surface area contributed by atoms with Gasteiger partial charge in [0.1, 0.15) is 11.5 Å². The van der Waals surface area contributed by atoms with E-state index in [2.05, 4.69) is 10.3 Å². The van der Waals surface area contributed by atoms with Gasteiger partial charge >= 0.3 is 0 Å². The summed E-state index contributed by atoms with van der Waals surface area (Å²) in [5, 5.41) is 17.7. The lowest BCUT2D eigenvalue weighted by molar-refractivity contribution is 0.277. The van der Waals surface area contributed by atoms with E-state index in [0.29, 0.717) is 17.0 Å². The molecule has 1 atom stereocenters. The van der Waals surface area contributed by atoms with E-state index in [1.807, 2.05) is 37.3 Å². The largest absolute Gasteiger partial charge is 0.390 e. The fourth-order valence-corrected chi connectivity index (χ4v) is 2.51. The summed E-state index contributed by atoms with van der Waals surface area (Å²) in [5.41, 5.74) is 2.79. The normalized spacial score (nSPS) is 12.3. The van der Waals surface area contributed by atoms with E-state index in [1.165, 1.54) is 12.1 Å². The zero-order valence-electron chi connectivity index (χ0n) is 12.1. The first kappa shape index (κ1) is 14.4. The maximum Gasteiger partial charge on any atom is 0.123 e. The van der Waals surface area contributed by atoms with Crippen LogP contribution in [-0.4, -0.2) is 20.1 Å². The summed E-state index contributed by atoms with van der Waals surface area (Å²) in [5.74, 6) is -0.332. The molecule has 4 nitrogen and oxygen atoms in total. The topological polar surface area (TPSA) is 50.9 Å². The highest BCUT2D eigenvalue weighted by Gasteiger charge is 2.19. The highest BCUT2D eigenvalue weighted by molar-refractivity contribution is 5.62. The summed E-state index contributed by atoms with van der Waals surface area (Å²) >= 11 is 0. The van der Waals surface area contributed by atoms with Crippen molar-refractivity contribution in [1.82, 2.24) is 15.0 Å². The summed E-state index contributed by atoms with van der Waals surface area (Å²) in [6.07, 6.45) is 0. The molecule has 0 aliphatic rings. The van der Waals surface area contributed by atoms with Crippen LogP contribution in [0.1, 0.15) is 24.2 Å². The monoisotopic (exact) mass is 297 g/mol. The van der Waals surface area contributed by atoms with E-state index in [-0.39, 0.29) is 18.5 Å². The van der Waals surface area contributed by atoms with E-state index in [0.717, 1.165) is 5.56 Å². The van der Waals surface area contributed by atoms with Crippen molar-refractivity contribution in [1.29, 1.82) is 0 Å². The molecule has 0 fully saturated rings. The zero-order valence-corrected chi connectivity index (χ0v) is 12.1. The van der Waals surface area contributed by atoms with Gasteiger partial charge in [-0.3, -0.25) is 0 Å². The van der Waals surface area contributed by atoms with Gasteiger partial charge in [-0.25, -0.2) is 9.07 Å². The average molecular weight is 297 g/mol. The lowest BCUT2D eigenvalue weighted by Gasteiger charge is -2.16. The third kappa shape index (κ3) is 2.63. The van der Waals surface area contributed by atoms with Crippen molar-refractivity contribution >= 4 is 0 Å². The number of aliphatic hydroxyl groups excluding tert-OH is 1. The first-order valence-corrected chi connectivity index (χ1v) is 7.06. The molecule has 1 unspecified atom stereocenters. The minimum atomic E-state index is -0.332. The molecule has 1 aromatic heterocycles. The fraction of sp³-hybridized carbons (Fsp3) is 0.176. The molecule has 0 spiro atoms. The molecule has 0 aliphatic carbocycles. The zero-order chi connectivity index (χ0) is 15.5. The molecule has 5 heteroatoms. The van der Waals surface area contributed by atoms with Crippen LogP contribution in [0.4, 0.5) is 4.39 Å². The quantitative estimate of drug-likeness (QED) is 0.804. The fourth-order valence-electron chi connectivity index (χ4n) is 2.51. The molecular weight excluding hydrogens is 281 g/mol. The summed E-state index contributed by atoms with van der Waals surface area (Å²) in [6, 6.07) is 16.0. The Bertz CT molecular complexity index is 771. The minimum absolute atomic E-state index is 0.0766. The number of aromatic nitrogens is 3. The Balaban J connectivity index is 2.12. The van der Waals surface area contributed by atoms with Gasteiger partial charge in [-0.15, -0.1) is 5.10 Å². The average Bonchev–Trinajstić information content (AvgIpc) is 2.99. The molecule has 0 saturated heterocycles. The molecule has 0 amide bonds. The van der Waals surface area contributed by atoms with Crippen LogP contribution in [0.15, 0.2) is 54.6 Å². The summed E-state index contributed by atoms with van der Waals surface area (Å²) in [6.45, 7) is 1.75. The van der Waals surface area contributed by atoms with E-state index < -0.39 is 0 Å². The number of benzene rings is 2. The van der Waals surface area contributed by atoms with Gasteiger partial charge < -0.3 is 5.11 Å². The van der Waals surface area contributed by atoms with Crippen LogP contribution >= 0.6 is 0 Å². The molecule has 2 aromatic carbocycles. The Morgan fingerprint density at radius 2 is 1.91 bits per heavy atom. The molecule has 0 bridgehead atoms. The second-order valence-electron chi connectivity index (χ2n) is 5.08. The predicted octanol–water partition coefficient (Wildman–Crippen LogP) is 3.19. The molecule has 0 aliphatic heterocycles. The molecule has 0 radical (unpaired) electrons. The Morgan fingerprint density at radius 3 is 2.59 bits per heavy atom. The van der Waals surface area contributed by atoms with Gasteiger partial charge in [-0.2, -0.15) is 0 Å². The number of hydrogen-bond donors (Lipinski definition) is 1. The van der Waals surface area contributed by atoms with Crippen molar-refractivity contribution in [2.75, 3.05) is 0 Å². The molecule has 0 saturated carbocycles. The van der Waals surface area contributed by atoms with E-state index in [9.17, 15) is 9.50 Å². The number of aliphatic hydroxyl groups is 1. The van der Waals surface area contributed by atoms with Gasteiger partial charge in [0.15, 0.2) is 0 Å². The number of hydrogen-bond acceptors (Lipinski definition) is 3. The number of rotatable bonds is 4. The van der Waals surface area contributed by atoms with Crippen LogP contribution in [0.5, 0.6) is 0 Å². The van der Waals surface area contributed by atoms with Crippen molar-refractivity contribution in [3.8, 4) is 11.3 Å². The van der Waals surface area contributed by atoms with Crippen LogP contribution in [0.2, 0.25) is 0 Å². The Labute approximate surface area is 127 Å². The van der Waals surface area contributed by atoms with Crippen molar-refractivity contribution in [3.05, 3.63) is 71.7 Å². The van der Waals surface area contributed by atoms with Crippen LogP contribution in [0, 0.1) is 5.82 Å². The molecule has 1 N–H and O–H groups in total. The van der Waals surface area contributed by atoms with Crippen molar-refractivity contribution < 1.29 is 9.50 Å². The van der Waals surface area contributed by atoms with E-state index in [4.69, 9.17) is 0 Å². The van der Waals surface area contributed by atoms with Crippen molar-refractivity contribution in [2.24, 2.45) is 0 Å². The van der Waals surface area contributed by atoms with Gasteiger partial charge in [-0.1, -0.05) is 47.7 Å². The summed E-state index contributed by atoms with van der Waals surface area (Å²) in [4.78, 5) is 0. The SMILES string of the molecule is CC(c1ccccc1)n1nnc(CO)c1-c1cccc(F)c1. The highest BCUT2D eigenvalue weighted by atomic mass is 19.1. The molecule has 3 aromatic rings. The lowest BCUT2D eigenvalue weighted by Crippen LogP contribution is -2.10. The third-order valence-corrected chi connectivity index (χ3v) is 3.66. The standard InChI is InChI=1S/C17H16FN3O/c1-12(13-6-3-2-4-7-13)21-17(16(11-22)19-20-21)14-8-5-9-15(18)10-14/h2-10,12,22H,11H2,1H3. The van der Waals surface area contributed by atoms with Crippen LogP contribution in [0.3, 0.4) is 0 Å². The van der Waals surface area contributed by atoms with E-state index in [1.54, 1.807) is 16.8 Å². The van der Waals surface area contributed by atoms with Crippen molar-refractivity contribution in [3.63, 3.8) is 0 Å². The number of nitrogens with zero attached hydrogens (tertiary/aromatic N) is 3. The van der Waals surface area contributed by atoms with Gasteiger partial charge in [0, 0.05) is 5.56 Å². The van der Waals surface area contributed by atoms with Gasteiger partial charge in [0.2, 0.25) is 0 Å². The Morgan fingerprint density at radius 1 is 1.14 bits per heavy atom. The van der Waals surface area contributed by atoms with E-state index >= 15 is 0 Å². The minimum Gasteiger partial charge on any atom is -0.390 e. The second kappa shape index (κ2) is 6.07. The maximum absolute atomic E-state index is 13.5. The molecule has 112 valence electrons. The van der Waals surface area contributed by atoms with Crippen LogP contribution in [-0.2, 0) is 6.61 Å². The van der Waals surface area contributed by atoms with Crippen LogP contribution in [0.25, 0.3) is 11.3 Å². The number of halogens is 1. The van der Waals surface area contributed by atoms with Crippen molar-refractivity contribution in [2.45, 2.75) is 19.6 Å². The van der Waals surface area contributed by atoms with Gasteiger partial charge in [0.05, 0.1) is 18.3 Å². The second-order valence-corrected chi connectivity index (χ2v) is 5.08. The first-order valence-electron chi connectivity index (χ1n) is 7.06. The summed E-state index contributed by atoms with van der Waals surface area (Å²) < 4.78 is 15.3. The highest BCUT2D eigenvalue weighted by Crippen LogP contribution is 2.28. The van der Waals surface area contributed by atoms with Gasteiger partial charge in [0.25, 0.3) is 0 Å². The molecule has 1 heterocycles. The smallest absolute Gasteiger partial charge is 0.123 e. The predicted molar refractivity (Wildman–Crippen MR) is 81.6 cm³/mol. The molecular formula is C17H16FN3O. The molecule has 3 rings (SSSR count). The Kier molecular flexibility index (Phi) is 3.98. The van der Waals surface area contributed by atoms with Gasteiger partial charge in [-0.05, 0) is 24.6 Å². The first-order chi connectivity index (χ1) is 10.7. The lowest BCUT2D eigenvalue weighted by atomic mass is 10.1. The van der Waals surface area contributed by atoms with Crippen LogP contribution < -0.4 is 0 Å². The third-order valence-electron chi connectivity index (χ3n) is 3.66.